The Morgan fingerprint density at radius 1 is 0.781 bits per heavy atom. The van der Waals surface area contributed by atoms with Crippen LogP contribution in [0.2, 0.25) is 0 Å². The summed E-state index contributed by atoms with van der Waals surface area (Å²) >= 11 is 0. The molecule has 0 radical (unpaired) electrons. The van der Waals surface area contributed by atoms with Crippen LogP contribution in [0.15, 0.2) is 95.7 Å². The SMILES string of the molecule is CC(=O)Nc1ccc(Nc2ncnc3oc(-c4ccccc4)c(-c4ccccc4)c23)cc1. The zero-order valence-electron chi connectivity index (χ0n) is 17.4. The maximum atomic E-state index is 11.3. The highest BCUT2D eigenvalue weighted by atomic mass is 16.3. The Bertz CT molecular complexity index is 1380. The first-order valence-corrected chi connectivity index (χ1v) is 10.2. The minimum absolute atomic E-state index is 0.109. The van der Waals surface area contributed by atoms with Crippen LogP contribution in [-0.2, 0) is 4.79 Å². The van der Waals surface area contributed by atoms with E-state index in [1.54, 1.807) is 0 Å². The third kappa shape index (κ3) is 3.81. The van der Waals surface area contributed by atoms with Gasteiger partial charge in [0, 0.05) is 29.4 Å². The molecule has 2 N–H and O–H groups in total. The molecule has 6 heteroatoms. The first kappa shape index (κ1) is 19.5. The Morgan fingerprint density at radius 3 is 2.06 bits per heavy atom. The van der Waals surface area contributed by atoms with Crippen LogP contribution in [-0.4, -0.2) is 15.9 Å². The molecule has 0 aliphatic heterocycles. The fourth-order valence-electron chi connectivity index (χ4n) is 3.68. The maximum absolute atomic E-state index is 11.3. The molecule has 5 aromatic rings. The summed E-state index contributed by atoms with van der Waals surface area (Å²) in [7, 11) is 0. The van der Waals surface area contributed by atoms with Crippen LogP contribution in [0.4, 0.5) is 17.2 Å². The van der Waals surface area contributed by atoms with Crippen LogP contribution in [0.5, 0.6) is 0 Å². The van der Waals surface area contributed by atoms with Gasteiger partial charge < -0.3 is 15.1 Å². The highest BCUT2D eigenvalue weighted by molar-refractivity contribution is 6.06. The maximum Gasteiger partial charge on any atom is 0.232 e. The number of carbonyl (C=O) groups excluding carboxylic acids is 1. The van der Waals surface area contributed by atoms with Crippen molar-refractivity contribution in [2.45, 2.75) is 6.92 Å². The van der Waals surface area contributed by atoms with Crippen LogP contribution < -0.4 is 10.6 Å². The minimum Gasteiger partial charge on any atom is -0.437 e. The summed E-state index contributed by atoms with van der Waals surface area (Å²) in [6, 6.07) is 27.5. The van der Waals surface area contributed by atoms with Gasteiger partial charge in [0.1, 0.15) is 17.9 Å². The third-order valence-electron chi connectivity index (χ3n) is 5.05. The van der Waals surface area contributed by atoms with E-state index in [9.17, 15) is 4.79 Å². The van der Waals surface area contributed by atoms with Crippen molar-refractivity contribution >= 4 is 34.2 Å². The van der Waals surface area contributed by atoms with E-state index in [0.29, 0.717) is 11.5 Å². The monoisotopic (exact) mass is 420 g/mol. The van der Waals surface area contributed by atoms with E-state index in [4.69, 9.17) is 4.42 Å². The molecule has 5 rings (SSSR count). The largest absolute Gasteiger partial charge is 0.437 e. The van der Waals surface area contributed by atoms with Crippen molar-refractivity contribution in [3.63, 3.8) is 0 Å². The molecule has 0 atom stereocenters. The second kappa shape index (κ2) is 8.35. The van der Waals surface area contributed by atoms with Gasteiger partial charge >= 0.3 is 0 Å². The van der Waals surface area contributed by atoms with Gasteiger partial charge in [0.05, 0.1) is 5.39 Å². The van der Waals surface area contributed by atoms with Crippen LogP contribution in [0.25, 0.3) is 33.6 Å². The van der Waals surface area contributed by atoms with E-state index in [-0.39, 0.29) is 5.91 Å². The second-order valence-corrected chi connectivity index (χ2v) is 7.32. The van der Waals surface area contributed by atoms with Crippen LogP contribution in [0.3, 0.4) is 0 Å². The molecule has 0 aliphatic rings. The normalized spacial score (nSPS) is 10.8. The number of benzene rings is 3. The lowest BCUT2D eigenvalue weighted by Gasteiger charge is -2.09. The second-order valence-electron chi connectivity index (χ2n) is 7.32. The Morgan fingerprint density at radius 2 is 1.41 bits per heavy atom. The topological polar surface area (TPSA) is 80.0 Å². The zero-order chi connectivity index (χ0) is 21.9. The molecule has 0 saturated heterocycles. The molecule has 0 fully saturated rings. The molecule has 0 aliphatic carbocycles. The Kier molecular flexibility index (Phi) is 5.09. The summed E-state index contributed by atoms with van der Waals surface area (Å²) in [6.45, 7) is 1.48. The van der Waals surface area contributed by atoms with Gasteiger partial charge in [0.2, 0.25) is 11.6 Å². The van der Waals surface area contributed by atoms with Crippen LogP contribution >= 0.6 is 0 Å². The van der Waals surface area contributed by atoms with Crippen molar-refractivity contribution in [2.75, 3.05) is 10.6 Å². The number of anilines is 3. The molecule has 2 heterocycles. The number of carbonyl (C=O) groups is 1. The molecular formula is C26H20N4O2. The number of hydrogen-bond donors (Lipinski definition) is 2. The first-order valence-electron chi connectivity index (χ1n) is 10.2. The van der Waals surface area contributed by atoms with Crippen molar-refractivity contribution in [1.82, 2.24) is 9.97 Å². The van der Waals surface area contributed by atoms with Crippen molar-refractivity contribution in [3.05, 3.63) is 91.3 Å². The molecule has 0 unspecified atom stereocenters. The Labute approximate surface area is 185 Å². The smallest absolute Gasteiger partial charge is 0.232 e. The van der Waals surface area contributed by atoms with Gasteiger partial charge in [-0.05, 0) is 29.8 Å². The van der Waals surface area contributed by atoms with Crippen LogP contribution in [0, 0.1) is 0 Å². The molecule has 0 bridgehead atoms. The summed E-state index contributed by atoms with van der Waals surface area (Å²) in [5, 5.41) is 6.96. The van der Waals surface area contributed by atoms with E-state index in [2.05, 4.69) is 32.7 Å². The van der Waals surface area contributed by atoms with Gasteiger partial charge in [-0.25, -0.2) is 9.97 Å². The average Bonchev–Trinajstić information content (AvgIpc) is 3.22. The number of furan rings is 1. The van der Waals surface area contributed by atoms with Crippen molar-refractivity contribution in [1.29, 1.82) is 0 Å². The predicted molar refractivity (Wildman–Crippen MR) is 127 cm³/mol. The van der Waals surface area contributed by atoms with Gasteiger partial charge in [0.25, 0.3) is 0 Å². The number of fused-ring (bicyclic) bond motifs is 1. The molecule has 0 spiro atoms. The quantitative estimate of drug-likeness (QED) is 0.351. The van der Waals surface area contributed by atoms with E-state index < -0.39 is 0 Å². The average molecular weight is 420 g/mol. The zero-order valence-corrected chi connectivity index (χ0v) is 17.4. The Balaban J connectivity index is 1.65. The predicted octanol–water partition coefficient (Wildman–Crippen LogP) is 6.26. The molecule has 3 aromatic carbocycles. The van der Waals surface area contributed by atoms with E-state index in [0.717, 1.165) is 39.2 Å². The van der Waals surface area contributed by atoms with E-state index >= 15 is 0 Å². The summed E-state index contributed by atoms with van der Waals surface area (Å²) in [5.74, 6) is 1.28. The molecule has 156 valence electrons. The lowest BCUT2D eigenvalue weighted by molar-refractivity contribution is -0.114. The summed E-state index contributed by atoms with van der Waals surface area (Å²) in [5.41, 5.74) is 5.00. The summed E-state index contributed by atoms with van der Waals surface area (Å²) < 4.78 is 6.24. The lowest BCUT2D eigenvalue weighted by atomic mass is 9.99. The molecule has 0 saturated carbocycles. The first-order chi connectivity index (χ1) is 15.7. The fraction of sp³-hybridized carbons (Fsp3) is 0.0385. The van der Waals surface area contributed by atoms with Gasteiger partial charge in [-0.3, -0.25) is 4.79 Å². The van der Waals surface area contributed by atoms with E-state index in [1.165, 1.54) is 13.3 Å². The lowest BCUT2D eigenvalue weighted by Crippen LogP contribution is -2.05. The number of rotatable bonds is 5. The Hall–Kier alpha value is -4.45. The van der Waals surface area contributed by atoms with E-state index in [1.807, 2.05) is 72.8 Å². The molecule has 32 heavy (non-hydrogen) atoms. The summed E-state index contributed by atoms with van der Waals surface area (Å²) in [4.78, 5) is 20.2. The third-order valence-corrected chi connectivity index (χ3v) is 5.05. The number of nitrogens with zero attached hydrogens (tertiary/aromatic N) is 2. The molecular weight excluding hydrogens is 400 g/mol. The van der Waals surface area contributed by atoms with Gasteiger partial charge in [0.15, 0.2) is 0 Å². The number of hydrogen-bond acceptors (Lipinski definition) is 5. The number of nitrogens with one attached hydrogen (secondary N) is 2. The highest BCUT2D eigenvalue weighted by Gasteiger charge is 2.22. The van der Waals surface area contributed by atoms with Crippen molar-refractivity contribution in [2.24, 2.45) is 0 Å². The minimum atomic E-state index is -0.109. The van der Waals surface area contributed by atoms with Gasteiger partial charge in [-0.1, -0.05) is 60.7 Å². The molecule has 1 amide bonds. The van der Waals surface area contributed by atoms with Crippen LogP contribution in [0.1, 0.15) is 6.92 Å². The number of amides is 1. The van der Waals surface area contributed by atoms with Gasteiger partial charge in [-0.15, -0.1) is 0 Å². The summed E-state index contributed by atoms with van der Waals surface area (Å²) in [6.07, 6.45) is 1.49. The highest BCUT2D eigenvalue weighted by Crippen LogP contribution is 2.42. The van der Waals surface area contributed by atoms with Gasteiger partial charge in [-0.2, -0.15) is 0 Å². The fourth-order valence-corrected chi connectivity index (χ4v) is 3.68. The molecule has 2 aromatic heterocycles. The van der Waals surface area contributed by atoms with Crippen molar-refractivity contribution in [3.8, 4) is 22.5 Å². The van der Waals surface area contributed by atoms with Crippen molar-refractivity contribution < 1.29 is 9.21 Å². The standard InChI is InChI=1S/C26H20N4O2/c1-17(31)29-20-12-14-21(15-13-20)30-25-23-22(18-8-4-2-5-9-18)24(19-10-6-3-7-11-19)32-26(23)28-16-27-25/h2-16H,1H3,(H,29,31)(H,27,28,30). The number of aromatic nitrogens is 2. The molecule has 6 nitrogen and oxygen atoms in total.